The highest BCUT2D eigenvalue weighted by Crippen LogP contribution is 2.21. The van der Waals surface area contributed by atoms with E-state index in [4.69, 9.17) is 4.42 Å². The summed E-state index contributed by atoms with van der Waals surface area (Å²) in [7, 11) is -3.53. The fourth-order valence-corrected chi connectivity index (χ4v) is 4.19. The number of benzene rings is 2. The third-order valence-corrected chi connectivity index (χ3v) is 5.79. The summed E-state index contributed by atoms with van der Waals surface area (Å²) in [4.78, 5) is 23.9. The van der Waals surface area contributed by atoms with Crippen molar-refractivity contribution in [1.29, 1.82) is 0 Å². The highest BCUT2D eigenvalue weighted by molar-refractivity contribution is 7.91. The summed E-state index contributed by atoms with van der Waals surface area (Å²) >= 11 is 0. The zero-order chi connectivity index (χ0) is 18.7. The number of sulfone groups is 1. The number of hydrogen-bond donors (Lipinski definition) is 1. The van der Waals surface area contributed by atoms with Crippen molar-refractivity contribution < 1.29 is 17.6 Å². The molecule has 7 heteroatoms. The summed E-state index contributed by atoms with van der Waals surface area (Å²) in [6.45, 7) is 1.77. The molecule has 134 valence electrons. The second-order valence-corrected chi connectivity index (χ2v) is 7.85. The summed E-state index contributed by atoms with van der Waals surface area (Å²) in [5, 5.41) is 3.34. The summed E-state index contributed by atoms with van der Waals surface area (Å²) in [6.07, 6.45) is 0.466. The predicted molar refractivity (Wildman–Crippen MR) is 99.2 cm³/mol. The first kappa shape index (κ1) is 17.9. The standard InChI is InChI=1S/C19H17NO5S/c1-2-11-26(23,24)17-6-4-3-5-15(17)19(22)20-14-8-9-16-13(12-14)7-10-18(21)25-16/h3-10,12H,2,11H2,1H3,(H,20,22). The number of hydrogen-bond acceptors (Lipinski definition) is 5. The molecule has 0 fully saturated rings. The number of carbonyl (C=O) groups is 1. The van der Waals surface area contributed by atoms with Crippen LogP contribution < -0.4 is 10.9 Å². The lowest BCUT2D eigenvalue weighted by Crippen LogP contribution is -2.17. The second kappa shape index (κ2) is 7.13. The summed E-state index contributed by atoms with van der Waals surface area (Å²) in [5.74, 6) is -0.538. The van der Waals surface area contributed by atoms with Crippen molar-refractivity contribution in [1.82, 2.24) is 0 Å². The molecule has 1 heterocycles. The first-order valence-corrected chi connectivity index (χ1v) is 9.73. The molecule has 1 N–H and O–H groups in total. The molecule has 0 aliphatic heterocycles. The molecule has 0 aliphatic rings. The van der Waals surface area contributed by atoms with Gasteiger partial charge < -0.3 is 9.73 Å². The molecule has 2 aromatic carbocycles. The van der Waals surface area contributed by atoms with Gasteiger partial charge in [-0.05, 0) is 42.8 Å². The van der Waals surface area contributed by atoms with Crippen LogP contribution in [0.15, 0.2) is 68.7 Å². The van der Waals surface area contributed by atoms with Gasteiger partial charge in [0.2, 0.25) is 0 Å². The fourth-order valence-electron chi connectivity index (χ4n) is 2.65. The minimum Gasteiger partial charge on any atom is -0.423 e. The van der Waals surface area contributed by atoms with Gasteiger partial charge in [0.1, 0.15) is 5.58 Å². The van der Waals surface area contributed by atoms with Crippen molar-refractivity contribution >= 4 is 32.4 Å². The number of amides is 1. The van der Waals surface area contributed by atoms with E-state index in [1.165, 1.54) is 18.2 Å². The zero-order valence-electron chi connectivity index (χ0n) is 14.1. The van der Waals surface area contributed by atoms with Crippen LogP contribution in [0, 0.1) is 0 Å². The van der Waals surface area contributed by atoms with Crippen LogP contribution in [-0.4, -0.2) is 20.1 Å². The van der Waals surface area contributed by atoms with E-state index in [9.17, 15) is 18.0 Å². The molecule has 0 bridgehead atoms. The molecular weight excluding hydrogens is 354 g/mol. The average Bonchev–Trinajstić information content (AvgIpc) is 2.62. The number of rotatable bonds is 5. The van der Waals surface area contributed by atoms with E-state index in [0.29, 0.717) is 23.1 Å². The van der Waals surface area contributed by atoms with Crippen LogP contribution in [0.25, 0.3) is 11.0 Å². The predicted octanol–water partition coefficient (Wildman–Crippen LogP) is 3.23. The Hall–Kier alpha value is -2.93. The van der Waals surface area contributed by atoms with Crippen LogP contribution in [0.1, 0.15) is 23.7 Å². The molecule has 26 heavy (non-hydrogen) atoms. The van der Waals surface area contributed by atoms with E-state index in [2.05, 4.69) is 5.32 Å². The van der Waals surface area contributed by atoms with Gasteiger partial charge in [-0.15, -0.1) is 0 Å². The number of fused-ring (bicyclic) bond motifs is 1. The molecular formula is C19H17NO5S. The largest absolute Gasteiger partial charge is 0.423 e. The summed E-state index contributed by atoms with van der Waals surface area (Å²) in [5.41, 5.74) is 0.519. The molecule has 0 saturated heterocycles. The van der Waals surface area contributed by atoms with Crippen LogP contribution in [-0.2, 0) is 9.84 Å². The highest BCUT2D eigenvalue weighted by Gasteiger charge is 2.21. The average molecular weight is 371 g/mol. The molecule has 1 aromatic heterocycles. The van der Waals surface area contributed by atoms with Crippen molar-refractivity contribution in [3.63, 3.8) is 0 Å². The Labute approximate surface area is 150 Å². The maximum atomic E-state index is 12.6. The minimum absolute atomic E-state index is 0.0196. The molecule has 6 nitrogen and oxygen atoms in total. The Kier molecular flexibility index (Phi) is 4.90. The van der Waals surface area contributed by atoms with E-state index in [1.807, 2.05) is 0 Å². The topological polar surface area (TPSA) is 93.4 Å². The number of carbonyl (C=O) groups excluding carboxylic acids is 1. The third kappa shape index (κ3) is 3.67. The molecule has 0 spiro atoms. The van der Waals surface area contributed by atoms with Crippen LogP contribution >= 0.6 is 0 Å². The Bertz CT molecular complexity index is 1130. The normalized spacial score (nSPS) is 11.4. The lowest BCUT2D eigenvalue weighted by atomic mass is 10.2. The van der Waals surface area contributed by atoms with Gasteiger partial charge in [0.25, 0.3) is 5.91 Å². The minimum atomic E-state index is -3.53. The van der Waals surface area contributed by atoms with E-state index >= 15 is 0 Å². The SMILES string of the molecule is CCCS(=O)(=O)c1ccccc1C(=O)Nc1ccc2oc(=O)ccc2c1. The van der Waals surface area contributed by atoms with Crippen molar-refractivity contribution in [2.75, 3.05) is 11.1 Å². The Morgan fingerprint density at radius 3 is 2.62 bits per heavy atom. The molecule has 0 aliphatic carbocycles. The van der Waals surface area contributed by atoms with E-state index in [0.717, 1.165) is 0 Å². The smallest absolute Gasteiger partial charge is 0.336 e. The number of anilines is 1. The summed E-state index contributed by atoms with van der Waals surface area (Å²) < 4.78 is 29.8. The monoisotopic (exact) mass is 371 g/mol. The first-order valence-electron chi connectivity index (χ1n) is 8.08. The Balaban J connectivity index is 1.94. The van der Waals surface area contributed by atoms with Gasteiger partial charge in [0, 0.05) is 17.1 Å². The van der Waals surface area contributed by atoms with Crippen molar-refractivity contribution in [3.8, 4) is 0 Å². The van der Waals surface area contributed by atoms with Gasteiger partial charge in [-0.1, -0.05) is 19.1 Å². The van der Waals surface area contributed by atoms with Gasteiger partial charge in [-0.2, -0.15) is 0 Å². The zero-order valence-corrected chi connectivity index (χ0v) is 14.9. The highest BCUT2D eigenvalue weighted by atomic mass is 32.2. The van der Waals surface area contributed by atoms with Gasteiger partial charge in [-0.25, -0.2) is 13.2 Å². The van der Waals surface area contributed by atoms with Crippen LogP contribution in [0.4, 0.5) is 5.69 Å². The maximum Gasteiger partial charge on any atom is 0.336 e. The molecule has 3 rings (SSSR count). The molecule has 0 saturated carbocycles. The lowest BCUT2D eigenvalue weighted by Gasteiger charge is -2.11. The van der Waals surface area contributed by atoms with Crippen LogP contribution in [0.2, 0.25) is 0 Å². The van der Waals surface area contributed by atoms with Gasteiger partial charge >= 0.3 is 5.63 Å². The van der Waals surface area contributed by atoms with E-state index in [-0.39, 0.29) is 16.2 Å². The fraction of sp³-hybridized carbons (Fsp3) is 0.158. The Morgan fingerprint density at radius 1 is 1.08 bits per heavy atom. The summed E-state index contributed by atoms with van der Waals surface area (Å²) in [6, 6.07) is 13.8. The van der Waals surface area contributed by atoms with Crippen molar-refractivity contribution in [2.45, 2.75) is 18.2 Å². The molecule has 0 atom stereocenters. The second-order valence-electron chi connectivity index (χ2n) is 5.78. The van der Waals surface area contributed by atoms with Crippen LogP contribution in [0.5, 0.6) is 0 Å². The van der Waals surface area contributed by atoms with Gasteiger partial charge in [-0.3, -0.25) is 4.79 Å². The van der Waals surface area contributed by atoms with E-state index < -0.39 is 21.4 Å². The van der Waals surface area contributed by atoms with E-state index in [1.54, 1.807) is 43.3 Å². The van der Waals surface area contributed by atoms with Gasteiger partial charge in [0.05, 0.1) is 16.2 Å². The Morgan fingerprint density at radius 2 is 1.85 bits per heavy atom. The van der Waals surface area contributed by atoms with Gasteiger partial charge in [0.15, 0.2) is 9.84 Å². The molecule has 3 aromatic rings. The molecule has 0 radical (unpaired) electrons. The van der Waals surface area contributed by atoms with Crippen LogP contribution in [0.3, 0.4) is 0 Å². The third-order valence-electron chi connectivity index (χ3n) is 3.82. The van der Waals surface area contributed by atoms with Crippen molar-refractivity contribution in [2.24, 2.45) is 0 Å². The molecule has 1 amide bonds. The lowest BCUT2D eigenvalue weighted by molar-refractivity contribution is 0.102. The van der Waals surface area contributed by atoms with Crippen molar-refractivity contribution in [3.05, 3.63) is 70.6 Å². The first-order chi connectivity index (χ1) is 12.4. The quantitative estimate of drug-likeness (QED) is 0.695. The number of nitrogens with one attached hydrogen (secondary N) is 1. The maximum absolute atomic E-state index is 12.6. The molecule has 0 unspecified atom stereocenters.